The maximum Gasteiger partial charge on any atom is 0.251 e. The predicted octanol–water partition coefficient (Wildman–Crippen LogP) is 2.65. The number of hydrogen-bond donors (Lipinski definition) is 1. The number of hydrogen-bond acceptors (Lipinski definition) is 4. The molecule has 1 aliphatic heterocycles. The Bertz CT molecular complexity index is 667. The first-order valence-corrected chi connectivity index (χ1v) is 8.51. The van der Waals surface area contributed by atoms with Crippen molar-refractivity contribution in [1.82, 2.24) is 15.1 Å². The zero-order chi connectivity index (χ0) is 16.9. The van der Waals surface area contributed by atoms with Gasteiger partial charge in [-0.05, 0) is 37.4 Å². The van der Waals surface area contributed by atoms with Gasteiger partial charge in [-0.1, -0.05) is 17.7 Å². The highest BCUT2D eigenvalue weighted by molar-refractivity contribution is 6.30. The van der Waals surface area contributed by atoms with Crippen molar-refractivity contribution in [3.8, 4) is 0 Å². The van der Waals surface area contributed by atoms with Crippen LogP contribution in [0.5, 0.6) is 0 Å². The number of carbonyl (C=O) groups is 1. The van der Waals surface area contributed by atoms with Crippen molar-refractivity contribution in [2.75, 3.05) is 39.8 Å². The molecule has 128 valence electrons. The van der Waals surface area contributed by atoms with Crippen LogP contribution < -0.4 is 5.32 Å². The van der Waals surface area contributed by atoms with Gasteiger partial charge in [0.2, 0.25) is 0 Å². The highest BCUT2D eigenvalue weighted by Gasteiger charge is 2.26. The van der Waals surface area contributed by atoms with Crippen LogP contribution in [0.1, 0.15) is 22.2 Å². The van der Waals surface area contributed by atoms with Crippen LogP contribution in [0.25, 0.3) is 0 Å². The van der Waals surface area contributed by atoms with Crippen LogP contribution in [0.4, 0.5) is 0 Å². The summed E-state index contributed by atoms with van der Waals surface area (Å²) < 4.78 is 5.61. The van der Waals surface area contributed by atoms with Gasteiger partial charge in [-0.3, -0.25) is 9.69 Å². The number of halogens is 1. The SMILES string of the molecule is CN1CCN([C@H](CNC(=O)c2cccc(Cl)c2)c2ccco2)CC1. The second-order valence-corrected chi connectivity index (χ2v) is 6.53. The Labute approximate surface area is 147 Å². The Morgan fingerprint density at radius 2 is 2.04 bits per heavy atom. The summed E-state index contributed by atoms with van der Waals surface area (Å²) in [6, 6.07) is 10.9. The van der Waals surface area contributed by atoms with Crippen molar-refractivity contribution in [1.29, 1.82) is 0 Å². The number of piperazine rings is 1. The fourth-order valence-corrected chi connectivity index (χ4v) is 3.14. The molecule has 1 aromatic heterocycles. The monoisotopic (exact) mass is 347 g/mol. The molecule has 2 heterocycles. The number of nitrogens with one attached hydrogen (secondary N) is 1. The molecule has 0 spiro atoms. The Kier molecular flexibility index (Phi) is 5.56. The van der Waals surface area contributed by atoms with E-state index in [4.69, 9.17) is 16.0 Å². The second kappa shape index (κ2) is 7.83. The van der Waals surface area contributed by atoms with E-state index in [0.29, 0.717) is 17.1 Å². The quantitative estimate of drug-likeness (QED) is 0.903. The topological polar surface area (TPSA) is 48.7 Å². The summed E-state index contributed by atoms with van der Waals surface area (Å²) in [5.41, 5.74) is 0.569. The average molecular weight is 348 g/mol. The van der Waals surface area contributed by atoms with Crippen LogP contribution in [0.15, 0.2) is 47.1 Å². The average Bonchev–Trinajstić information content (AvgIpc) is 3.11. The van der Waals surface area contributed by atoms with Crippen molar-refractivity contribution < 1.29 is 9.21 Å². The van der Waals surface area contributed by atoms with Gasteiger partial charge < -0.3 is 14.6 Å². The molecule has 2 aromatic rings. The Balaban J connectivity index is 1.67. The van der Waals surface area contributed by atoms with Gasteiger partial charge >= 0.3 is 0 Å². The standard InChI is InChI=1S/C18H22ClN3O2/c1-21-7-9-22(10-8-21)16(17-6-3-11-24-17)13-20-18(23)14-4-2-5-15(19)12-14/h2-6,11-12,16H,7-10,13H2,1H3,(H,20,23)/t16-/m1/s1. The highest BCUT2D eigenvalue weighted by atomic mass is 35.5. The lowest BCUT2D eigenvalue weighted by atomic mass is 10.1. The minimum absolute atomic E-state index is 0.0387. The number of benzene rings is 1. The van der Waals surface area contributed by atoms with E-state index < -0.39 is 0 Å². The Morgan fingerprint density at radius 1 is 1.25 bits per heavy atom. The van der Waals surface area contributed by atoms with Gasteiger partial charge in [0.15, 0.2) is 0 Å². The number of likely N-dealkylation sites (N-methyl/N-ethyl adjacent to an activating group) is 1. The van der Waals surface area contributed by atoms with Crippen LogP contribution in [-0.2, 0) is 0 Å². The molecule has 0 aliphatic carbocycles. The molecular weight excluding hydrogens is 326 g/mol. The van der Waals surface area contributed by atoms with E-state index in [0.717, 1.165) is 31.9 Å². The lowest BCUT2D eigenvalue weighted by Gasteiger charge is -2.37. The van der Waals surface area contributed by atoms with Gasteiger partial charge in [0.1, 0.15) is 5.76 Å². The zero-order valence-electron chi connectivity index (χ0n) is 13.7. The molecule has 1 aliphatic rings. The third-order valence-electron chi connectivity index (χ3n) is 4.39. The van der Waals surface area contributed by atoms with Crippen LogP contribution >= 0.6 is 11.6 Å². The first-order valence-electron chi connectivity index (χ1n) is 8.13. The molecule has 1 saturated heterocycles. The molecule has 24 heavy (non-hydrogen) atoms. The zero-order valence-corrected chi connectivity index (χ0v) is 14.5. The number of nitrogens with zero attached hydrogens (tertiary/aromatic N) is 2. The molecule has 3 rings (SSSR count). The van der Waals surface area contributed by atoms with E-state index in [2.05, 4.69) is 22.2 Å². The number of amides is 1. The fourth-order valence-electron chi connectivity index (χ4n) is 2.95. The van der Waals surface area contributed by atoms with E-state index in [1.807, 2.05) is 12.1 Å². The molecule has 0 bridgehead atoms. The lowest BCUT2D eigenvalue weighted by Crippen LogP contribution is -2.48. The van der Waals surface area contributed by atoms with Crippen molar-refractivity contribution in [3.05, 3.63) is 59.0 Å². The molecule has 0 saturated carbocycles. The Morgan fingerprint density at radius 3 is 2.71 bits per heavy atom. The number of rotatable bonds is 5. The van der Waals surface area contributed by atoms with Crippen molar-refractivity contribution >= 4 is 17.5 Å². The molecule has 1 amide bonds. The largest absolute Gasteiger partial charge is 0.468 e. The molecule has 1 atom stereocenters. The summed E-state index contributed by atoms with van der Waals surface area (Å²) in [6.45, 7) is 4.44. The Hall–Kier alpha value is -1.82. The summed E-state index contributed by atoms with van der Waals surface area (Å²) in [4.78, 5) is 17.0. The molecular formula is C18H22ClN3O2. The smallest absolute Gasteiger partial charge is 0.251 e. The van der Waals surface area contributed by atoms with E-state index in [-0.39, 0.29) is 11.9 Å². The summed E-state index contributed by atoms with van der Waals surface area (Å²) in [5.74, 6) is 0.758. The molecule has 0 unspecified atom stereocenters. The minimum Gasteiger partial charge on any atom is -0.468 e. The number of carbonyl (C=O) groups excluding carboxylic acids is 1. The minimum atomic E-state index is -0.122. The summed E-state index contributed by atoms with van der Waals surface area (Å²) in [6.07, 6.45) is 1.68. The van der Waals surface area contributed by atoms with E-state index in [1.54, 1.807) is 30.5 Å². The van der Waals surface area contributed by atoms with Gasteiger partial charge in [0.25, 0.3) is 5.91 Å². The van der Waals surface area contributed by atoms with Crippen molar-refractivity contribution in [2.45, 2.75) is 6.04 Å². The first-order chi connectivity index (χ1) is 11.6. The van der Waals surface area contributed by atoms with Gasteiger partial charge in [0, 0.05) is 43.3 Å². The summed E-state index contributed by atoms with van der Waals surface area (Å²) in [7, 11) is 2.13. The number of furan rings is 1. The third kappa shape index (κ3) is 4.17. The van der Waals surface area contributed by atoms with Crippen molar-refractivity contribution in [3.63, 3.8) is 0 Å². The highest BCUT2D eigenvalue weighted by Crippen LogP contribution is 2.22. The van der Waals surface area contributed by atoms with Crippen LogP contribution in [0.2, 0.25) is 5.02 Å². The maximum atomic E-state index is 12.4. The molecule has 1 fully saturated rings. The molecule has 1 N–H and O–H groups in total. The summed E-state index contributed by atoms with van der Waals surface area (Å²) in [5, 5.41) is 3.57. The van der Waals surface area contributed by atoms with Crippen LogP contribution in [-0.4, -0.2) is 55.5 Å². The van der Waals surface area contributed by atoms with E-state index in [9.17, 15) is 4.79 Å². The third-order valence-corrected chi connectivity index (χ3v) is 4.63. The molecule has 0 radical (unpaired) electrons. The van der Waals surface area contributed by atoms with Gasteiger partial charge in [-0.2, -0.15) is 0 Å². The van der Waals surface area contributed by atoms with Crippen molar-refractivity contribution in [2.24, 2.45) is 0 Å². The lowest BCUT2D eigenvalue weighted by molar-refractivity contribution is 0.0851. The first kappa shape index (κ1) is 17.0. The van der Waals surface area contributed by atoms with E-state index >= 15 is 0 Å². The van der Waals surface area contributed by atoms with E-state index in [1.165, 1.54) is 0 Å². The molecule has 5 nitrogen and oxygen atoms in total. The van der Waals surface area contributed by atoms with Gasteiger partial charge in [-0.15, -0.1) is 0 Å². The maximum absolute atomic E-state index is 12.4. The predicted molar refractivity (Wildman–Crippen MR) is 94.3 cm³/mol. The van der Waals surface area contributed by atoms with Gasteiger partial charge in [0.05, 0.1) is 12.3 Å². The second-order valence-electron chi connectivity index (χ2n) is 6.09. The normalized spacial score (nSPS) is 17.6. The summed E-state index contributed by atoms with van der Waals surface area (Å²) >= 11 is 5.96. The van der Waals surface area contributed by atoms with Crippen LogP contribution in [0.3, 0.4) is 0 Å². The fraction of sp³-hybridized carbons (Fsp3) is 0.389. The van der Waals surface area contributed by atoms with Gasteiger partial charge in [-0.25, -0.2) is 0 Å². The molecule has 1 aromatic carbocycles. The molecule has 6 heteroatoms. The van der Waals surface area contributed by atoms with Crippen LogP contribution in [0, 0.1) is 0 Å².